The minimum absolute atomic E-state index is 0.0764. The smallest absolute Gasteiger partial charge is 0.102 e. The molecule has 5 heteroatoms. The third-order valence-electron chi connectivity index (χ3n) is 4.18. The Balaban J connectivity index is 2.07. The summed E-state index contributed by atoms with van der Waals surface area (Å²) in [5.74, 6) is 0. The average Bonchev–Trinajstić information content (AvgIpc) is 2.96. The molecule has 0 aliphatic carbocycles. The molecule has 1 aromatic carbocycles. The van der Waals surface area contributed by atoms with E-state index in [9.17, 15) is 0 Å². The first kappa shape index (κ1) is 14.3. The van der Waals surface area contributed by atoms with Gasteiger partial charge in [-0.2, -0.15) is 0 Å². The molecule has 1 aliphatic rings. The number of nitrogens with two attached hydrogens (primary N) is 1. The number of benzene rings is 1. The number of nitrogens with zero attached hydrogens (tertiary/aromatic N) is 2. The molecule has 2 atom stereocenters. The normalized spacial score (nSPS) is 22.1. The van der Waals surface area contributed by atoms with Crippen molar-refractivity contribution in [1.29, 1.82) is 0 Å². The zero-order chi connectivity index (χ0) is 14.8. The molecule has 1 fully saturated rings. The van der Waals surface area contributed by atoms with Gasteiger partial charge in [-0.1, -0.05) is 18.2 Å². The van der Waals surface area contributed by atoms with Gasteiger partial charge in [0.1, 0.15) is 12.2 Å². The number of hydrogen-bond acceptors (Lipinski definition) is 5. The summed E-state index contributed by atoms with van der Waals surface area (Å²) < 4.78 is 11.1. The number of hydrogen-bond donors (Lipinski definition) is 1. The maximum absolute atomic E-state index is 5.91. The summed E-state index contributed by atoms with van der Waals surface area (Å²) in [6.45, 7) is 2.07. The van der Waals surface area contributed by atoms with Gasteiger partial charge in [0.2, 0.25) is 0 Å². The van der Waals surface area contributed by atoms with Crippen LogP contribution in [0.2, 0.25) is 0 Å². The number of aromatic nitrogens is 1. The van der Waals surface area contributed by atoms with Crippen LogP contribution in [-0.4, -0.2) is 44.5 Å². The van der Waals surface area contributed by atoms with Gasteiger partial charge in [0.25, 0.3) is 0 Å². The highest BCUT2D eigenvalue weighted by molar-refractivity contribution is 5.93. The van der Waals surface area contributed by atoms with Crippen molar-refractivity contribution in [2.45, 2.75) is 18.8 Å². The second-order valence-corrected chi connectivity index (χ2v) is 5.31. The first-order chi connectivity index (χ1) is 10.3. The summed E-state index contributed by atoms with van der Waals surface area (Å²) in [7, 11) is 3.46. The topological polar surface area (TPSA) is 60.6 Å². The molecule has 0 bridgehead atoms. The van der Waals surface area contributed by atoms with E-state index < -0.39 is 0 Å². The van der Waals surface area contributed by atoms with E-state index in [4.69, 9.17) is 15.2 Å². The van der Waals surface area contributed by atoms with Crippen molar-refractivity contribution >= 4 is 16.6 Å². The van der Waals surface area contributed by atoms with E-state index in [-0.39, 0.29) is 12.2 Å². The summed E-state index contributed by atoms with van der Waals surface area (Å²) in [4.78, 5) is 6.79. The Morgan fingerprint density at radius 2 is 1.86 bits per heavy atom. The second kappa shape index (κ2) is 5.97. The molecule has 1 aromatic heterocycles. The predicted molar refractivity (Wildman–Crippen MR) is 83.4 cm³/mol. The second-order valence-electron chi connectivity index (χ2n) is 5.31. The number of ether oxygens (including phenoxy) is 2. The molecule has 0 amide bonds. The Morgan fingerprint density at radius 1 is 1.19 bits per heavy atom. The summed E-state index contributed by atoms with van der Waals surface area (Å²) in [5.41, 5.74) is 9.11. The average molecular weight is 287 g/mol. The van der Waals surface area contributed by atoms with Crippen molar-refractivity contribution < 1.29 is 9.47 Å². The molecular formula is C16H21N3O2. The Hall–Kier alpha value is -1.69. The summed E-state index contributed by atoms with van der Waals surface area (Å²) in [6, 6.07) is 8.15. The third kappa shape index (κ3) is 2.48. The molecule has 1 saturated heterocycles. The highest BCUT2D eigenvalue weighted by atomic mass is 16.5. The van der Waals surface area contributed by atoms with Crippen molar-refractivity contribution in [3.63, 3.8) is 0 Å². The fourth-order valence-corrected chi connectivity index (χ4v) is 3.07. The first-order valence-corrected chi connectivity index (χ1v) is 7.15. The van der Waals surface area contributed by atoms with E-state index in [0.717, 1.165) is 35.2 Å². The van der Waals surface area contributed by atoms with Crippen LogP contribution in [0.5, 0.6) is 0 Å². The lowest BCUT2D eigenvalue weighted by atomic mass is 10.1. The van der Waals surface area contributed by atoms with Crippen LogP contribution in [0.3, 0.4) is 0 Å². The highest BCUT2D eigenvalue weighted by Gasteiger charge is 2.34. The van der Waals surface area contributed by atoms with Crippen molar-refractivity contribution in [3.05, 3.63) is 36.0 Å². The van der Waals surface area contributed by atoms with Gasteiger partial charge in [0, 0.05) is 51.0 Å². The zero-order valence-electron chi connectivity index (χ0n) is 12.5. The summed E-state index contributed by atoms with van der Waals surface area (Å²) >= 11 is 0. The van der Waals surface area contributed by atoms with Crippen LogP contribution in [0.15, 0.2) is 30.5 Å². The quantitative estimate of drug-likeness (QED) is 0.924. The minimum atomic E-state index is 0.0764. The van der Waals surface area contributed by atoms with Crippen molar-refractivity contribution in [2.75, 3.05) is 32.2 Å². The first-order valence-electron chi connectivity index (χ1n) is 7.15. The van der Waals surface area contributed by atoms with E-state index in [2.05, 4.69) is 16.0 Å². The van der Waals surface area contributed by atoms with Crippen LogP contribution >= 0.6 is 0 Å². The zero-order valence-corrected chi connectivity index (χ0v) is 12.5. The maximum Gasteiger partial charge on any atom is 0.102 e. The molecule has 5 nitrogen and oxygen atoms in total. The monoisotopic (exact) mass is 287 g/mol. The Labute approximate surface area is 124 Å². The van der Waals surface area contributed by atoms with Crippen molar-refractivity contribution in [3.8, 4) is 0 Å². The number of methoxy groups -OCH3 is 2. The van der Waals surface area contributed by atoms with Crippen LogP contribution in [-0.2, 0) is 16.0 Å². The van der Waals surface area contributed by atoms with E-state index in [1.165, 1.54) is 0 Å². The number of anilines is 1. The molecule has 2 unspecified atom stereocenters. The fourth-order valence-electron chi connectivity index (χ4n) is 3.07. The lowest BCUT2D eigenvalue weighted by Crippen LogP contribution is -2.27. The van der Waals surface area contributed by atoms with E-state index in [1.807, 2.05) is 24.4 Å². The van der Waals surface area contributed by atoms with Crippen molar-refractivity contribution in [1.82, 2.24) is 4.98 Å². The molecule has 1 aliphatic heterocycles. The van der Waals surface area contributed by atoms with Crippen LogP contribution in [0.4, 0.5) is 5.69 Å². The van der Waals surface area contributed by atoms with Gasteiger partial charge >= 0.3 is 0 Å². The van der Waals surface area contributed by atoms with Gasteiger partial charge in [-0.05, 0) is 6.07 Å². The summed E-state index contributed by atoms with van der Waals surface area (Å²) in [5, 5.41) is 1.13. The fraction of sp³-hybridized carbons (Fsp3) is 0.438. The van der Waals surface area contributed by atoms with Gasteiger partial charge in [0.05, 0.1) is 11.2 Å². The molecule has 21 heavy (non-hydrogen) atoms. The van der Waals surface area contributed by atoms with Crippen molar-refractivity contribution in [2.24, 2.45) is 5.73 Å². The van der Waals surface area contributed by atoms with Crippen LogP contribution in [0.1, 0.15) is 5.56 Å². The van der Waals surface area contributed by atoms with Crippen LogP contribution in [0, 0.1) is 0 Å². The lowest BCUT2D eigenvalue weighted by Gasteiger charge is -2.23. The molecule has 3 rings (SSSR count). The predicted octanol–water partition coefficient (Wildman–Crippen LogP) is 1.54. The van der Waals surface area contributed by atoms with E-state index >= 15 is 0 Å². The van der Waals surface area contributed by atoms with Crippen LogP contribution < -0.4 is 10.6 Å². The summed E-state index contributed by atoms with van der Waals surface area (Å²) in [6.07, 6.45) is 2.03. The van der Waals surface area contributed by atoms with Gasteiger partial charge in [-0.15, -0.1) is 0 Å². The van der Waals surface area contributed by atoms with E-state index in [1.54, 1.807) is 14.2 Å². The molecule has 2 aromatic rings. The van der Waals surface area contributed by atoms with Gasteiger partial charge in [-0.3, -0.25) is 4.98 Å². The maximum atomic E-state index is 5.91. The SMILES string of the molecule is COC1CN(c2c(CN)cnc3ccccc23)CC1OC. The highest BCUT2D eigenvalue weighted by Crippen LogP contribution is 2.32. The van der Waals surface area contributed by atoms with Gasteiger partial charge in [-0.25, -0.2) is 0 Å². The number of para-hydroxylation sites is 1. The molecular weight excluding hydrogens is 266 g/mol. The Bertz CT molecular complexity index is 620. The minimum Gasteiger partial charge on any atom is -0.377 e. The molecule has 2 heterocycles. The Morgan fingerprint density at radius 3 is 2.48 bits per heavy atom. The molecule has 112 valence electrons. The molecule has 0 saturated carbocycles. The molecule has 2 N–H and O–H groups in total. The molecule has 0 spiro atoms. The number of rotatable bonds is 4. The van der Waals surface area contributed by atoms with Gasteiger partial charge in [0.15, 0.2) is 0 Å². The molecule has 0 radical (unpaired) electrons. The van der Waals surface area contributed by atoms with Gasteiger partial charge < -0.3 is 20.1 Å². The number of pyridine rings is 1. The third-order valence-corrected chi connectivity index (χ3v) is 4.18. The van der Waals surface area contributed by atoms with E-state index in [0.29, 0.717) is 6.54 Å². The largest absolute Gasteiger partial charge is 0.377 e. The lowest BCUT2D eigenvalue weighted by molar-refractivity contribution is -0.00461. The number of fused-ring (bicyclic) bond motifs is 1. The van der Waals surface area contributed by atoms with Crippen LogP contribution in [0.25, 0.3) is 10.9 Å². The Kier molecular flexibility index (Phi) is 4.05. The standard InChI is InChI=1S/C16H21N3O2/c1-20-14-9-19(10-15(14)21-2)16-11(7-17)8-18-13-6-4-3-5-12(13)16/h3-6,8,14-15H,7,9-10,17H2,1-2H3.